The average Bonchev–Trinajstić information content (AvgIpc) is 3.35. The van der Waals surface area contributed by atoms with Gasteiger partial charge in [0.2, 0.25) is 5.91 Å². The van der Waals surface area contributed by atoms with Crippen molar-refractivity contribution < 1.29 is 28.1 Å². The van der Waals surface area contributed by atoms with Crippen molar-refractivity contribution in [1.82, 2.24) is 5.48 Å². The van der Waals surface area contributed by atoms with Gasteiger partial charge in [0, 0.05) is 16.7 Å². The summed E-state index contributed by atoms with van der Waals surface area (Å²) in [5, 5.41) is 10.3. The van der Waals surface area contributed by atoms with Gasteiger partial charge in [-0.15, -0.1) is 16.4 Å². The number of benzene rings is 2. The van der Waals surface area contributed by atoms with Gasteiger partial charge in [-0.1, -0.05) is 36.8 Å². The highest BCUT2D eigenvalue weighted by Crippen LogP contribution is 2.47. The van der Waals surface area contributed by atoms with Crippen LogP contribution in [0, 0.1) is 0 Å². The number of amides is 2. The molecule has 2 amide bonds. The first kappa shape index (κ1) is 24.9. The van der Waals surface area contributed by atoms with Crippen molar-refractivity contribution in [2.45, 2.75) is 37.4 Å². The van der Waals surface area contributed by atoms with Crippen molar-refractivity contribution in [3.63, 3.8) is 0 Å². The summed E-state index contributed by atoms with van der Waals surface area (Å²) in [5.41, 5.74) is 2.88. The van der Waals surface area contributed by atoms with E-state index in [0.29, 0.717) is 35.6 Å². The minimum atomic E-state index is -3.61. The lowest BCUT2D eigenvalue weighted by molar-refractivity contribution is -0.130. The van der Waals surface area contributed by atoms with Gasteiger partial charge in [-0.2, -0.15) is 0 Å². The van der Waals surface area contributed by atoms with Crippen LogP contribution in [0.15, 0.2) is 66.7 Å². The van der Waals surface area contributed by atoms with Gasteiger partial charge < -0.3 is 4.84 Å². The average molecular weight is 515 g/mol. The summed E-state index contributed by atoms with van der Waals surface area (Å²) in [7, 11) is -3.61. The van der Waals surface area contributed by atoms with E-state index < -0.39 is 20.5 Å². The zero-order chi connectivity index (χ0) is 25.1. The van der Waals surface area contributed by atoms with E-state index in [2.05, 4.69) is 0 Å². The summed E-state index contributed by atoms with van der Waals surface area (Å²) in [4.78, 5) is 31.6. The zero-order valence-corrected chi connectivity index (χ0v) is 20.8. The van der Waals surface area contributed by atoms with E-state index in [-0.39, 0.29) is 18.1 Å². The Hall–Kier alpha value is -3.21. The Morgan fingerprint density at radius 1 is 1.09 bits per heavy atom. The molecule has 2 aromatic carbocycles. The molecule has 10 heteroatoms. The van der Waals surface area contributed by atoms with Crippen LogP contribution in [-0.2, 0) is 24.2 Å². The largest absolute Gasteiger partial charge is 0.372 e. The Balaban J connectivity index is 1.69. The maximum Gasteiger partial charge on any atom is 0.256 e. The third-order valence-electron chi connectivity index (χ3n) is 6.06. The molecule has 1 saturated heterocycles. The molecule has 1 aromatic heterocycles. The molecular weight excluding hydrogens is 488 g/mol. The predicted octanol–water partition coefficient (Wildman–Crippen LogP) is 4.45. The molecule has 1 atom stereocenters. The van der Waals surface area contributed by atoms with Crippen LogP contribution >= 0.6 is 11.3 Å². The SMILES string of the molecule is CC(=O)N(Oc1ccccc1)c1cccc(-c2ccc([C@@]3(CC(=O)NO)CCCCS3(=O)=O)s2)c1. The van der Waals surface area contributed by atoms with Crippen LogP contribution in [0.4, 0.5) is 5.69 Å². The molecule has 0 unspecified atom stereocenters. The number of hydroxylamine groups is 2. The maximum atomic E-state index is 13.2. The minimum Gasteiger partial charge on any atom is -0.372 e. The lowest BCUT2D eigenvalue weighted by Gasteiger charge is -2.35. The molecule has 4 rings (SSSR count). The monoisotopic (exact) mass is 514 g/mol. The van der Waals surface area contributed by atoms with Crippen LogP contribution < -0.4 is 15.4 Å². The molecule has 3 aromatic rings. The quantitative estimate of drug-likeness (QED) is 0.356. The summed E-state index contributed by atoms with van der Waals surface area (Å²) < 4.78 is 25.0. The van der Waals surface area contributed by atoms with Crippen molar-refractivity contribution >= 4 is 38.7 Å². The van der Waals surface area contributed by atoms with E-state index in [1.165, 1.54) is 23.3 Å². The Labute approximate surface area is 208 Å². The first-order valence-corrected chi connectivity index (χ1v) is 13.6. The van der Waals surface area contributed by atoms with E-state index in [9.17, 15) is 18.0 Å². The number of hydrogen-bond donors (Lipinski definition) is 2. The van der Waals surface area contributed by atoms with Gasteiger partial charge in [0.05, 0.1) is 17.9 Å². The highest BCUT2D eigenvalue weighted by atomic mass is 32.2. The Kier molecular flexibility index (Phi) is 7.25. The third kappa shape index (κ3) is 5.09. The highest BCUT2D eigenvalue weighted by Gasteiger charge is 2.49. The molecule has 35 heavy (non-hydrogen) atoms. The minimum absolute atomic E-state index is 0.00117. The Bertz CT molecular complexity index is 1320. The lowest BCUT2D eigenvalue weighted by atomic mass is 9.94. The molecule has 2 N–H and O–H groups in total. The van der Waals surface area contributed by atoms with Crippen LogP contribution in [0.2, 0.25) is 0 Å². The molecule has 0 saturated carbocycles. The molecule has 0 aliphatic carbocycles. The number of thiophene rings is 1. The zero-order valence-electron chi connectivity index (χ0n) is 19.1. The van der Waals surface area contributed by atoms with E-state index >= 15 is 0 Å². The van der Waals surface area contributed by atoms with E-state index in [0.717, 1.165) is 10.4 Å². The molecule has 184 valence electrons. The first-order chi connectivity index (χ1) is 16.8. The van der Waals surface area contributed by atoms with E-state index in [4.69, 9.17) is 10.0 Å². The fraction of sp³-hybridized carbons (Fsp3) is 0.280. The van der Waals surface area contributed by atoms with Crippen molar-refractivity contribution in [2.75, 3.05) is 10.8 Å². The first-order valence-electron chi connectivity index (χ1n) is 11.2. The summed E-state index contributed by atoms with van der Waals surface area (Å²) in [6, 6.07) is 19.7. The second-order valence-corrected chi connectivity index (χ2v) is 11.9. The van der Waals surface area contributed by atoms with Gasteiger partial charge >= 0.3 is 0 Å². The predicted molar refractivity (Wildman–Crippen MR) is 134 cm³/mol. The number of sulfone groups is 1. The van der Waals surface area contributed by atoms with Crippen molar-refractivity contribution in [3.05, 3.63) is 71.6 Å². The molecule has 1 aliphatic rings. The van der Waals surface area contributed by atoms with Crippen LogP contribution in [0.25, 0.3) is 10.4 Å². The Morgan fingerprint density at radius 2 is 1.86 bits per heavy atom. The molecule has 1 aliphatic heterocycles. The van der Waals surface area contributed by atoms with Gasteiger partial charge in [-0.3, -0.25) is 14.8 Å². The number of hydrogen-bond acceptors (Lipinski definition) is 7. The van der Waals surface area contributed by atoms with Crippen LogP contribution in [0.3, 0.4) is 0 Å². The van der Waals surface area contributed by atoms with Gasteiger partial charge in [-0.05, 0) is 54.8 Å². The standard InChI is InChI=1S/C25H26N2O6S2/c1-18(28)27(33-21-10-3-2-4-11-21)20-9-7-8-19(16-20)22-12-13-23(34-22)25(17-24(29)26-30)14-5-6-15-35(25,31)32/h2-4,7-13,16,30H,5-6,14-15,17H2,1H3,(H,26,29)/t25-/m0/s1. The molecule has 0 radical (unpaired) electrons. The summed E-state index contributed by atoms with van der Waals surface area (Å²) in [6.07, 6.45) is 1.19. The topological polar surface area (TPSA) is 113 Å². The van der Waals surface area contributed by atoms with Crippen molar-refractivity contribution in [3.8, 4) is 16.2 Å². The molecule has 0 spiro atoms. The molecule has 2 heterocycles. The van der Waals surface area contributed by atoms with Crippen molar-refractivity contribution in [1.29, 1.82) is 0 Å². The summed E-state index contributed by atoms with van der Waals surface area (Å²) in [6.45, 7) is 1.41. The van der Waals surface area contributed by atoms with Crippen LogP contribution in [0.5, 0.6) is 5.75 Å². The lowest BCUT2D eigenvalue weighted by Crippen LogP contribution is -2.43. The number of carbonyl (C=O) groups excluding carboxylic acids is 2. The van der Waals surface area contributed by atoms with E-state index in [1.54, 1.807) is 41.9 Å². The number of para-hydroxylation sites is 1. The summed E-state index contributed by atoms with van der Waals surface area (Å²) in [5.74, 6) is -0.528. The second kappa shape index (κ2) is 10.2. The second-order valence-electron chi connectivity index (χ2n) is 8.41. The molecule has 8 nitrogen and oxygen atoms in total. The van der Waals surface area contributed by atoms with E-state index in [1.807, 2.05) is 30.3 Å². The van der Waals surface area contributed by atoms with Gasteiger partial charge in [0.25, 0.3) is 5.91 Å². The normalized spacial score (nSPS) is 19.0. The smallest absolute Gasteiger partial charge is 0.256 e. The number of carbonyl (C=O) groups is 2. The molecule has 1 fully saturated rings. The number of rotatable bonds is 7. The number of anilines is 1. The highest BCUT2D eigenvalue weighted by molar-refractivity contribution is 7.92. The number of nitrogens with zero attached hydrogens (tertiary/aromatic N) is 1. The van der Waals surface area contributed by atoms with Crippen LogP contribution in [0.1, 0.15) is 37.5 Å². The number of nitrogens with one attached hydrogen (secondary N) is 1. The maximum absolute atomic E-state index is 13.2. The fourth-order valence-electron chi connectivity index (χ4n) is 4.32. The third-order valence-corrected chi connectivity index (χ3v) is 10.1. The molecule has 0 bridgehead atoms. The van der Waals surface area contributed by atoms with Crippen molar-refractivity contribution in [2.24, 2.45) is 0 Å². The fourth-order valence-corrected chi connectivity index (χ4v) is 8.10. The van der Waals surface area contributed by atoms with Gasteiger partial charge in [-0.25, -0.2) is 13.9 Å². The van der Waals surface area contributed by atoms with Gasteiger partial charge in [0.1, 0.15) is 4.75 Å². The summed E-state index contributed by atoms with van der Waals surface area (Å²) >= 11 is 1.29. The Morgan fingerprint density at radius 3 is 2.54 bits per heavy atom. The van der Waals surface area contributed by atoms with Crippen LogP contribution in [-0.4, -0.2) is 31.2 Å². The molecular formula is C25H26N2O6S2. The van der Waals surface area contributed by atoms with Gasteiger partial charge in [0.15, 0.2) is 15.6 Å².